The van der Waals surface area contributed by atoms with Gasteiger partial charge in [-0.15, -0.1) is 0 Å². The lowest BCUT2D eigenvalue weighted by Crippen LogP contribution is -1.89. The predicted octanol–water partition coefficient (Wildman–Crippen LogP) is 5.97. The Morgan fingerprint density at radius 1 is 0.500 bits per heavy atom. The maximum Gasteiger partial charge on any atom is 0.168 e. The monoisotopic (exact) mass is 384 g/mol. The van der Waals surface area contributed by atoms with Gasteiger partial charge in [0.1, 0.15) is 0 Å². The van der Waals surface area contributed by atoms with Gasteiger partial charge in [0.15, 0.2) is 10.7 Å². The molecule has 0 N–H and O–H groups in total. The Morgan fingerprint density at radius 2 is 0.964 bits per heavy atom. The van der Waals surface area contributed by atoms with E-state index in [4.69, 9.17) is 0 Å². The van der Waals surface area contributed by atoms with Gasteiger partial charge in [-0.05, 0) is 70.1 Å². The van der Waals surface area contributed by atoms with Crippen LogP contribution in [0.25, 0.3) is 33.4 Å². The first-order valence-electron chi connectivity index (χ1n) is 9.13. The van der Waals surface area contributed by atoms with E-state index >= 15 is 0 Å². The van der Waals surface area contributed by atoms with E-state index in [1.54, 1.807) is 6.07 Å². The molecule has 0 aliphatic rings. The third-order valence-electron chi connectivity index (χ3n) is 4.87. The average molecular weight is 385 g/mol. The van der Waals surface area contributed by atoms with Crippen LogP contribution >= 0.6 is 0 Å². The van der Waals surface area contributed by atoms with Crippen LogP contribution in [-0.2, 0) is 10.7 Å². The fraction of sp³-hybridized carbons (Fsp3) is 0.0400. The molecule has 2 nitrogen and oxygen atoms in total. The summed E-state index contributed by atoms with van der Waals surface area (Å²) in [5.41, 5.74) is 7.40. The molecular formula is C25H20O2S. The molecule has 0 aliphatic heterocycles. The summed E-state index contributed by atoms with van der Waals surface area (Å²) in [6.07, 6.45) is 0. The normalized spacial score (nSPS) is 10.9. The van der Waals surface area contributed by atoms with Crippen molar-refractivity contribution in [3.05, 3.63) is 103 Å². The van der Waals surface area contributed by atoms with Crippen LogP contribution in [0.5, 0.6) is 0 Å². The summed E-state index contributed by atoms with van der Waals surface area (Å²) in [5.74, 6) is 0. The van der Waals surface area contributed by atoms with Gasteiger partial charge in [-0.3, -0.25) is 0 Å². The third-order valence-corrected chi connectivity index (χ3v) is 5.77. The van der Waals surface area contributed by atoms with Crippen molar-refractivity contribution in [1.82, 2.24) is 0 Å². The lowest BCUT2D eigenvalue weighted by molar-refractivity contribution is 0.614. The molecule has 0 saturated carbocycles. The zero-order chi connectivity index (χ0) is 19.5. The molecule has 4 aromatic rings. The topological polar surface area (TPSA) is 34.1 Å². The minimum atomic E-state index is -2.58. The van der Waals surface area contributed by atoms with Gasteiger partial charge < -0.3 is 0 Å². The van der Waals surface area contributed by atoms with Crippen molar-refractivity contribution < 1.29 is 8.42 Å². The molecular weight excluding hydrogens is 364 g/mol. The van der Waals surface area contributed by atoms with Crippen molar-refractivity contribution in [3.8, 4) is 33.4 Å². The summed E-state index contributed by atoms with van der Waals surface area (Å²) < 4.78 is 22.8. The Balaban J connectivity index is 1.91. The first kappa shape index (κ1) is 18.2. The highest BCUT2D eigenvalue weighted by atomic mass is 32.2. The lowest BCUT2D eigenvalue weighted by atomic mass is 9.93. The highest BCUT2D eigenvalue weighted by molar-refractivity contribution is 7.72. The molecule has 0 saturated heterocycles. The Labute approximate surface area is 167 Å². The summed E-state index contributed by atoms with van der Waals surface area (Å²) in [6, 6.07) is 32.6. The first-order chi connectivity index (χ1) is 13.6. The van der Waals surface area contributed by atoms with Crippen LogP contribution in [0.1, 0.15) is 5.56 Å². The lowest BCUT2D eigenvalue weighted by Gasteiger charge is -2.12. The maximum absolute atomic E-state index is 11.4. The maximum atomic E-state index is 11.4. The SMILES string of the molecule is Cc1cc(-c2cc(-c3ccccc3)cc(-c3ccccc3)c2)ccc1[SH](=O)=O. The van der Waals surface area contributed by atoms with E-state index in [2.05, 4.69) is 42.5 Å². The molecule has 0 amide bonds. The van der Waals surface area contributed by atoms with Crippen molar-refractivity contribution in [2.45, 2.75) is 11.8 Å². The molecule has 0 aliphatic carbocycles. The Hall–Kier alpha value is -3.17. The summed E-state index contributed by atoms with van der Waals surface area (Å²) in [4.78, 5) is 0.376. The van der Waals surface area contributed by atoms with Gasteiger partial charge in [-0.2, -0.15) is 0 Å². The number of hydrogen-bond donors (Lipinski definition) is 1. The van der Waals surface area contributed by atoms with Crippen molar-refractivity contribution in [1.29, 1.82) is 0 Å². The highest BCUT2D eigenvalue weighted by Crippen LogP contribution is 2.33. The standard InChI is InChI=1S/C25H20O2S/c1-18-14-21(12-13-25(18)28(26)27)24-16-22(19-8-4-2-5-9-19)15-23(17-24)20-10-6-3-7-11-20/h2-17,28H,1H3. The van der Waals surface area contributed by atoms with E-state index in [1.165, 1.54) is 0 Å². The summed E-state index contributed by atoms with van der Waals surface area (Å²) >= 11 is 0. The first-order valence-corrected chi connectivity index (χ1v) is 10.3. The van der Waals surface area contributed by atoms with Crippen LogP contribution in [0.15, 0.2) is 102 Å². The number of rotatable bonds is 4. The van der Waals surface area contributed by atoms with Gasteiger partial charge in [-0.1, -0.05) is 72.8 Å². The molecule has 0 heterocycles. The fourth-order valence-electron chi connectivity index (χ4n) is 3.43. The van der Waals surface area contributed by atoms with Crippen LogP contribution in [0.3, 0.4) is 0 Å². The van der Waals surface area contributed by atoms with Gasteiger partial charge >= 0.3 is 0 Å². The molecule has 138 valence electrons. The van der Waals surface area contributed by atoms with E-state index < -0.39 is 10.7 Å². The van der Waals surface area contributed by atoms with Crippen LogP contribution in [0, 0.1) is 6.92 Å². The summed E-state index contributed by atoms with van der Waals surface area (Å²) in [7, 11) is -2.58. The van der Waals surface area contributed by atoms with Gasteiger partial charge in [0.25, 0.3) is 0 Å². The van der Waals surface area contributed by atoms with Gasteiger partial charge in [0.05, 0.1) is 4.90 Å². The van der Waals surface area contributed by atoms with Crippen LogP contribution in [0.2, 0.25) is 0 Å². The minimum Gasteiger partial charge on any atom is -0.227 e. The van der Waals surface area contributed by atoms with E-state index in [1.807, 2.05) is 55.5 Å². The molecule has 0 atom stereocenters. The van der Waals surface area contributed by atoms with Crippen LogP contribution < -0.4 is 0 Å². The van der Waals surface area contributed by atoms with Crippen LogP contribution in [0.4, 0.5) is 0 Å². The molecule has 0 radical (unpaired) electrons. The predicted molar refractivity (Wildman–Crippen MR) is 116 cm³/mol. The molecule has 3 heteroatoms. The Morgan fingerprint density at radius 3 is 1.39 bits per heavy atom. The summed E-state index contributed by atoms with van der Waals surface area (Å²) in [5, 5.41) is 0. The molecule has 4 aromatic carbocycles. The second-order valence-corrected chi connectivity index (χ2v) is 7.79. The highest BCUT2D eigenvalue weighted by Gasteiger charge is 2.09. The Kier molecular flexibility index (Phi) is 5.09. The van der Waals surface area contributed by atoms with Crippen molar-refractivity contribution >= 4 is 10.7 Å². The van der Waals surface area contributed by atoms with E-state index in [-0.39, 0.29) is 0 Å². The van der Waals surface area contributed by atoms with E-state index in [9.17, 15) is 8.42 Å². The second kappa shape index (κ2) is 7.83. The molecule has 0 aromatic heterocycles. The van der Waals surface area contributed by atoms with Gasteiger partial charge in [0.2, 0.25) is 0 Å². The number of hydrogen-bond acceptors (Lipinski definition) is 2. The molecule has 0 bridgehead atoms. The second-order valence-electron chi connectivity index (χ2n) is 6.79. The third kappa shape index (κ3) is 3.75. The largest absolute Gasteiger partial charge is 0.227 e. The number of thiol groups is 1. The fourth-order valence-corrected chi connectivity index (χ4v) is 3.98. The summed E-state index contributed by atoms with van der Waals surface area (Å²) in [6.45, 7) is 1.84. The van der Waals surface area contributed by atoms with Gasteiger partial charge in [0, 0.05) is 0 Å². The molecule has 0 fully saturated rings. The molecule has 28 heavy (non-hydrogen) atoms. The van der Waals surface area contributed by atoms with Gasteiger partial charge in [-0.25, -0.2) is 8.42 Å². The molecule has 0 unspecified atom stereocenters. The molecule has 4 rings (SSSR count). The van der Waals surface area contributed by atoms with Crippen LogP contribution in [-0.4, -0.2) is 8.42 Å². The van der Waals surface area contributed by atoms with Crippen molar-refractivity contribution in [2.75, 3.05) is 0 Å². The number of benzene rings is 4. The number of aryl methyl sites for hydroxylation is 1. The zero-order valence-electron chi connectivity index (χ0n) is 15.5. The van der Waals surface area contributed by atoms with Crippen molar-refractivity contribution in [2.24, 2.45) is 0 Å². The van der Waals surface area contributed by atoms with E-state index in [0.29, 0.717) is 4.90 Å². The quantitative estimate of drug-likeness (QED) is 0.440. The zero-order valence-corrected chi connectivity index (χ0v) is 16.4. The molecule has 0 spiro atoms. The smallest absolute Gasteiger partial charge is 0.168 e. The Bertz CT molecular complexity index is 1130. The minimum absolute atomic E-state index is 0.376. The average Bonchev–Trinajstić information content (AvgIpc) is 2.74. The van der Waals surface area contributed by atoms with Crippen molar-refractivity contribution in [3.63, 3.8) is 0 Å². The van der Waals surface area contributed by atoms with E-state index in [0.717, 1.165) is 38.9 Å².